The summed E-state index contributed by atoms with van der Waals surface area (Å²) in [6.45, 7) is 2.39. The van der Waals surface area contributed by atoms with Crippen LogP contribution >= 0.6 is 15.9 Å². The van der Waals surface area contributed by atoms with Crippen LogP contribution in [0.4, 0.5) is 0 Å². The fraction of sp³-hybridized carbons (Fsp3) is 0.250. The van der Waals surface area contributed by atoms with Crippen LogP contribution < -0.4 is 15.2 Å². The third-order valence-corrected chi connectivity index (χ3v) is 3.53. The van der Waals surface area contributed by atoms with E-state index in [1.165, 1.54) is 0 Å². The number of nitrogens with two attached hydrogens (primary N) is 1. The molecule has 0 saturated heterocycles. The standard InChI is InChI=1S/C16H18BrNO2/c1-11(18)14-9-13(17)7-8-16(14)20-10-12-5-3-4-6-15(12)19-2/h3-9,11H,10,18H2,1-2H3/t11-/m1/s1. The zero-order chi connectivity index (χ0) is 14.5. The molecule has 0 bridgehead atoms. The molecule has 2 N–H and O–H groups in total. The molecular weight excluding hydrogens is 318 g/mol. The number of para-hydroxylation sites is 1. The van der Waals surface area contributed by atoms with Gasteiger partial charge in [0.05, 0.1) is 7.11 Å². The molecule has 0 heterocycles. The van der Waals surface area contributed by atoms with Crippen LogP contribution in [0.15, 0.2) is 46.9 Å². The minimum absolute atomic E-state index is 0.0832. The normalized spacial score (nSPS) is 12.0. The maximum atomic E-state index is 5.98. The second-order valence-electron chi connectivity index (χ2n) is 4.57. The first-order valence-electron chi connectivity index (χ1n) is 6.41. The summed E-state index contributed by atoms with van der Waals surface area (Å²) in [5.41, 5.74) is 7.97. The Morgan fingerprint density at radius 2 is 1.90 bits per heavy atom. The molecule has 2 aromatic carbocycles. The molecule has 1 atom stereocenters. The largest absolute Gasteiger partial charge is 0.496 e. The topological polar surface area (TPSA) is 44.5 Å². The SMILES string of the molecule is COc1ccccc1COc1ccc(Br)cc1[C@@H](C)N. The van der Waals surface area contributed by atoms with E-state index in [9.17, 15) is 0 Å². The fourth-order valence-corrected chi connectivity index (χ4v) is 2.36. The van der Waals surface area contributed by atoms with E-state index in [2.05, 4.69) is 15.9 Å². The number of ether oxygens (including phenoxy) is 2. The van der Waals surface area contributed by atoms with Crippen LogP contribution in [0.25, 0.3) is 0 Å². The van der Waals surface area contributed by atoms with E-state index in [0.29, 0.717) is 6.61 Å². The van der Waals surface area contributed by atoms with Crippen molar-refractivity contribution in [2.45, 2.75) is 19.6 Å². The third kappa shape index (κ3) is 3.52. The summed E-state index contributed by atoms with van der Waals surface area (Å²) >= 11 is 3.45. The molecule has 0 radical (unpaired) electrons. The molecule has 3 nitrogen and oxygen atoms in total. The summed E-state index contributed by atoms with van der Waals surface area (Å²) in [6.07, 6.45) is 0. The Balaban J connectivity index is 2.19. The van der Waals surface area contributed by atoms with Crippen molar-refractivity contribution in [2.75, 3.05) is 7.11 Å². The molecule has 20 heavy (non-hydrogen) atoms. The summed E-state index contributed by atoms with van der Waals surface area (Å²) in [6, 6.07) is 13.6. The van der Waals surface area contributed by atoms with Crippen LogP contribution in [0.5, 0.6) is 11.5 Å². The molecular formula is C16H18BrNO2. The smallest absolute Gasteiger partial charge is 0.125 e. The van der Waals surface area contributed by atoms with Gasteiger partial charge < -0.3 is 15.2 Å². The van der Waals surface area contributed by atoms with Gasteiger partial charge in [0.2, 0.25) is 0 Å². The Bertz CT molecular complexity index is 584. The van der Waals surface area contributed by atoms with E-state index >= 15 is 0 Å². The lowest BCUT2D eigenvalue weighted by atomic mass is 10.1. The van der Waals surface area contributed by atoms with Crippen molar-refractivity contribution in [2.24, 2.45) is 5.73 Å². The van der Waals surface area contributed by atoms with Crippen molar-refractivity contribution >= 4 is 15.9 Å². The molecule has 2 rings (SSSR count). The predicted octanol–water partition coefficient (Wildman–Crippen LogP) is 4.06. The van der Waals surface area contributed by atoms with Crippen LogP contribution in [0.1, 0.15) is 24.1 Å². The van der Waals surface area contributed by atoms with Gasteiger partial charge in [-0.05, 0) is 31.2 Å². The summed E-state index contributed by atoms with van der Waals surface area (Å²) in [4.78, 5) is 0. The molecule has 0 aliphatic heterocycles. The zero-order valence-electron chi connectivity index (χ0n) is 11.6. The highest BCUT2D eigenvalue weighted by Crippen LogP contribution is 2.29. The maximum absolute atomic E-state index is 5.98. The van der Waals surface area contributed by atoms with E-state index in [-0.39, 0.29) is 6.04 Å². The molecule has 0 amide bonds. The average Bonchev–Trinajstić information content (AvgIpc) is 2.46. The first kappa shape index (κ1) is 14.9. The number of benzene rings is 2. The minimum Gasteiger partial charge on any atom is -0.496 e. The second kappa shape index (κ2) is 6.77. The predicted molar refractivity (Wildman–Crippen MR) is 84.1 cm³/mol. The maximum Gasteiger partial charge on any atom is 0.125 e. The fourth-order valence-electron chi connectivity index (χ4n) is 1.98. The molecule has 0 unspecified atom stereocenters. The highest BCUT2D eigenvalue weighted by Gasteiger charge is 2.10. The van der Waals surface area contributed by atoms with Gasteiger partial charge in [-0.3, -0.25) is 0 Å². The Labute approximate surface area is 127 Å². The Morgan fingerprint density at radius 1 is 1.15 bits per heavy atom. The van der Waals surface area contributed by atoms with Crippen molar-refractivity contribution in [3.63, 3.8) is 0 Å². The van der Waals surface area contributed by atoms with Gasteiger partial charge in [-0.2, -0.15) is 0 Å². The van der Waals surface area contributed by atoms with Gasteiger partial charge in [0.1, 0.15) is 18.1 Å². The lowest BCUT2D eigenvalue weighted by Gasteiger charge is -2.15. The highest BCUT2D eigenvalue weighted by molar-refractivity contribution is 9.10. The van der Waals surface area contributed by atoms with Crippen molar-refractivity contribution in [1.29, 1.82) is 0 Å². The van der Waals surface area contributed by atoms with Crippen molar-refractivity contribution in [3.05, 3.63) is 58.1 Å². The minimum atomic E-state index is -0.0832. The monoisotopic (exact) mass is 335 g/mol. The highest BCUT2D eigenvalue weighted by atomic mass is 79.9. The number of hydrogen-bond donors (Lipinski definition) is 1. The number of halogens is 1. The first-order chi connectivity index (χ1) is 9.61. The van der Waals surface area contributed by atoms with Crippen molar-refractivity contribution in [1.82, 2.24) is 0 Å². The summed E-state index contributed by atoms with van der Waals surface area (Å²) in [7, 11) is 1.66. The quantitative estimate of drug-likeness (QED) is 0.896. The van der Waals surface area contributed by atoms with Crippen LogP contribution in [-0.2, 0) is 6.61 Å². The molecule has 0 fully saturated rings. The molecule has 0 spiro atoms. The lowest BCUT2D eigenvalue weighted by molar-refractivity contribution is 0.292. The van der Waals surface area contributed by atoms with Gasteiger partial charge in [0.15, 0.2) is 0 Å². The van der Waals surface area contributed by atoms with E-state index < -0.39 is 0 Å². The van der Waals surface area contributed by atoms with Crippen LogP contribution in [0.3, 0.4) is 0 Å². The van der Waals surface area contributed by atoms with Crippen LogP contribution in [0, 0.1) is 0 Å². The zero-order valence-corrected chi connectivity index (χ0v) is 13.2. The van der Waals surface area contributed by atoms with Crippen LogP contribution in [0.2, 0.25) is 0 Å². The Kier molecular flexibility index (Phi) is 5.04. The average molecular weight is 336 g/mol. The number of hydrogen-bond acceptors (Lipinski definition) is 3. The van der Waals surface area contributed by atoms with Gasteiger partial charge in [-0.15, -0.1) is 0 Å². The lowest BCUT2D eigenvalue weighted by Crippen LogP contribution is -2.08. The summed E-state index contributed by atoms with van der Waals surface area (Å²) < 4.78 is 12.2. The molecule has 0 aliphatic carbocycles. The molecule has 106 valence electrons. The number of rotatable bonds is 5. The van der Waals surface area contributed by atoms with Gasteiger partial charge >= 0.3 is 0 Å². The molecule has 4 heteroatoms. The molecule has 0 aromatic heterocycles. The van der Waals surface area contributed by atoms with E-state index in [4.69, 9.17) is 15.2 Å². The van der Waals surface area contributed by atoms with Gasteiger partial charge in [-0.1, -0.05) is 34.1 Å². The summed E-state index contributed by atoms with van der Waals surface area (Å²) in [5.74, 6) is 1.63. The first-order valence-corrected chi connectivity index (χ1v) is 7.21. The molecule has 0 saturated carbocycles. The Morgan fingerprint density at radius 3 is 2.60 bits per heavy atom. The Hall–Kier alpha value is -1.52. The van der Waals surface area contributed by atoms with Crippen molar-refractivity contribution < 1.29 is 9.47 Å². The molecule has 0 aliphatic rings. The van der Waals surface area contributed by atoms with Gasteiger partial charge in [0.25, 0.3) is 0 Å². The third-order valence-electron chi connectivity index (χ3n) is 3.04. The van der Waals surface area contributed by atoms with Gasteiger partial charge in [-0.25, -0.2) is 0 Å². The van der Waals surface area contributed by atoms with Crippen LogP contribution in [-0.4, -0.2) is 7.11 Å². The number of methoxy groups -OCH3 is 1. The van der Waals surface area contributed by atoms with E-state index in [1.807, 2.05) is 49.4 Å². The van der Waals surface area contributed by atoms with E-state index in [1.54, 1.807) is 7.11 Å². The van der Waals surface area contributed by atoms with Gasteiger partial charge in [0, 0.05) is 21.6 Å². The van der Waals surface area contributed by atoms with E-state index in [0.717, 1.165) is 27.1 Å². The second-order valence-corrected chi connectivity index (χ2v) is 5.49. The molecule has 2 aromatic rings. The van der Waals surface area contributed by atoms with Crippen molar-refractivity contribution in [3.8, 4) is 11.5 Å². The summed E-state index contributed by atoms with van der Waals surface area (Å²) in [5, 5.41) is 0.